The van der Waals surface area contributed by atoms with Crippen LogP contribution in [-0.4, -0.2) is 32.8 Å². The Morgan fingerprint density at radius 1 is 1.20 bits per heavy atom. The van der Waals surface area contributed by atoms with E-state index in [0.717, 1.165) is 15.5 Å². The Balaban J connectivity index is 1.56. The van der Waals surface area contributed by atoms with Gasteiger partial charge >= 0.3 is 0 Å². The van der Waals surface area contributed by atoms with Crippen LogP contribution in [0.15, 0.2) is 54.9 Å². The van der Waals surface area contributed by atoms with Crippen LogP contribution < -0.4 is 10.1 Å². The maximum Gasteiger partial charge on any atom is 0.255 e. The first-order valence-corrected chi connectivity index (χ1v) is 8.27. The van der Waals surface area contributed by atoms with Crippen LogP contribution in [0.25, 0.3) is 15.5 Å². The minimum absolute atomic E-state index is 0.182. The summed E-state index contributed by atoms with van der Waals surface area (Å²) in [7, 11) is 1.59. The molecule has 0 unspecified atom stereocenters. The molecule has 0 atom stereocenters. The molecule has 0 aliphatic carbocycles. The van der Waals surface area contributed by atoms with Crippen LogP contribution in [0.3, 0.4) is 0 Å². The molecule has 25 heavy (non-hydrogen) atoms. The Morgan fingerprint density at radius 2 is 2.04 bits per heavy atom. The summed E-state index contributed by atoms with van der Waals surface area (Å²) in [6.45, 7) is 0. The number of carbonyl (C=O) groups excluding carboxylic acids is 1. The summed E-state index contributed by atoms with van der Waals surface area (Å²) in [6, 6.07) is 14.5. The van der Waals surface area contributed by atoms with Crippen molar-refractivity contribution in [2.24, 2.45) is 0 Å². The van der Waals surface area contributed by atoms with Gasteiger partial charge in [0, 0.05) is 16.8 Å². The molecule has 1 N–H and O–H groups in total. The Bertz CT molecular complexity index is 1010. The highest BCUT2D eigenvalue weighted by Gasteiger charge is 2.10. The lowest BCUT2D eigenvalue weighted by molar-refractivity contribution is 0.102. The first-order chi connectivity index (χ1) is 12.2. The predicted molar refractivity (Wildman–Crippen MR) is 95.0 cm³/mol. The number of benzene rings is 2. The van der Waals surface area contributed by atoms with Gasteiger partial charge in [0.1, 0.15) is 17.1 Å². The van der Waals surface area contributed by atoms with Gasteiger partial charge in [-0.15, -0.1) is 10.2 Å². The molecule has 1 amide bonds. The number of methoxy groups -OCH3 is 1. The lowest BCUT2D eigenvalue weighted by atomic mass is 10.1. The second-order valence-corrected chi connectivity index (χ2v) is 6.18. The number of aromatic nitrogens is 4. The third-order valence-electron chi connectivity index (χ3n) is 3.61. The zero-order valence-electron chi connectivity index (χ0n) is 13.2. The molecular weight excluding hydrogens is 338 g/mol. The first kappa shape index (κ1) is 15.3. The van der Waals surface area contributed by atoms with Gasteiger partial charge in [0.05, 0.1) is 7.11 Å². The summed E-state index contributed by atoms with van der Waals surface area (Å²) in [6.07, 6.45) is 1.56. The largest absolute Gasteiger partial charge is 0.497 e. The molecule has 8 heteroatoms. The Hall–Kier alpha value is -3.26. The van der Waals surface area contributed by atoms with Crippen LogP contribution in [0.5, 0.6) is 5.75 Å². The van der Waals surface area contributed by atoms with Crippen LogP contribution in [0, 0.1) is 0 Å². The van der Waals surface area contributed by atoms with Gasteiger partial charge in [-0.05, 0) is 36.4 Å². The van der Waals surface area contributed by atoms with Crippen molar-refractivity contribution in [1.82, 2.24) is 19.8 Å². The van der Waals surface area contributed by atoms with E-state index in [1.54, 1.807) is 42.2 Å². The fourth-order valence-electron chi connectivity index (χ4n) is 2.35. The van der Waals surface area contributed by atoms with E-state index in [4.69, 9.17) is 4.74 Å². The highest BCUT2D eigenvalue weighted by Crippen LogP contribution is 2.27. The Morgan fingerprint density at radius 3 is 2.80 bits per heavy atom. The topological polar surface area (TPSA) is 81.4 Å². The number of ether oxygens (including phenoxy) is 1. The average Bonchev–Trinajstić information content (AvgIpc) is 3.24. The molecule has 2 heterocycles. The van der Waals surface area contributed by atoms with Crippen LogP contribution >= 0.6 is 11.3 Å². The molecule has 0 fully saturated rings. The predicted octanol–water partition coefficient (Wildman–Crippen LogP) is 3.11. The molecule has 0 radical (unpaired) electrons. The molecular formula is C17H13N5O2S. The number of amides is 1. The molecule has 0 spiro atoms. The maximum absolute atomic E-state index is 12.4. The van der Waals surface area contributed by atoms with Gasteiger partial charge in [-0.1, -0.05) is 23.5 Å². The summed E-state index contributed by atoms with van der Waals surface area (Å²) in [5.41, 5.74) is 2.16. The Kier molecular flexibility index (Phi) is 3.87. The van der Waals surface area contributed by atoms with Crippen molar-refractivity contribution >= 4 is 27.9 Å². The fraction of sp³-hybridized carbons (Fsp3) is 0.0588. The molecule has 4 aromatic rings. The highest BCUT2D eigenvalue weighted by atomic mass is 32.1. The van der Waals surface area contributed by atoms with E-state index >= 15 is 0 Å². The maximum atomic E-state index is 12.4. The quantitative estimate of drug-likeness (QED) is 0.611. The first-order valence-electron chi connectivity index (χ1n) is 7.45. The molecule has 0 bridgehead atoms. The number of anilines is 1. The number of nitrogens with zero attached hydrogens (tertiary/aromatic N) is 4. The van der Waals surface area contributed by atoms with E-state index < -0.39 is 0 Å². The minimum Gasteiger partial charge on any atom is -0.497 e. The zero-order chi connectivity index (χ0) is 17.2. The number of rotatable bonds is 4. The lowest BCUT2D eigenvalue weighted by Gasteiger charge is -2.07. The van der Waals surface area contributed by atoms with Crippen molar-refractivity contribution in [1.29, 1.82) is 0 Å². The molecule has 124 valence electrons. The third-order valence-corrected chi connectivity index (χ3v) is 4.57. The van der Waals surface area contributed by atoms with Crippen molar-refractivity contribution < 1.29 is 9.53 Å². The molecule has 2 aromatic carbocycles. The molecule has 0 aliphatic rings. The van der Waals surface area contributed by atoms with Gasteiger partial charge in [0.2, 0.25) is 4.96 Å². The van der Waals surface area contributed by atoms with Crippen molar-refractivity contribution in [3.63, 3.8) is 0 Å². The molecule has 4 rings (SSSR count). The lowest BCUT2D eigenvalue weighted by Crippen LogP contribution is -2.11. The van der Waals surface area contributed by atoms with Gasteiger partial charge in [-0.25, -0.2) is 0 Å². The zero-order valence-corrected chi connectivity index (χ0v) is 14.0. The summed E-state index contributed by atoms with van der Waals surface area (Å²) in [5, 5.41) is 15.9. The van der Waals surface area contributed by atoms with E-state index in [9.17, 15) is 4.79 Å². The van der Waals surface area contributed by atoms with Crippen LogP contribution in [0.1, 0.15) is 10.4 Å². The molecule has 2 aromatic heterocycles. The van der Waals surface area contributed by atoms with Crippen molar-refractivity contribution in [2.45, 2.75) is 0 Å². The summed E-state index contributed by atoms with van der Waals surface area (Å²) < 4.78 is 6.73. The van der Waals surface area contributed by atoms with Gasteiger partial charge in [-0.2, -0.15) is 9.61 Å². The molecule has 7 nitrogen and oxygen atoms in total. The van der Waals surface area contributed by atoms with E-state index in [1.807, 2.05) is 24.3 Å². The van der Waals surface area contributed by atoms with Gasteiger partial charge in [0.15, 0.2) is 0 Å². The Labute approximate surface area is 146 Å². The van der Waals surface area contributed by atoms with Crippen LogP contribution in [0.2, 0.25) is 0 Å². The third kappa shape index (κ3) is 3.07. The number of carbonyl (C=O) groups is 1. The van der Waals surface area contributed by atoms with Gasteiger partial charge in [0.25, 0.3) is 5.91 Å². The number of hydrogen-bond acceptors (Lipinski definition) is 6. The number of nitrogens with one attached hydrogen (secondary N) is 1. The van der Waals surface area contributed by atoms with Gasteiger partial charge in [-0.3, -0.25) is 4.79 Å². The monoisotopic (exact) mass is 351 g/mol. The second kappa shape index (κ2) is 6.33. The molecule has 0 aliphatic heterocycles. The van der Waals surface area contributed by atoms with Crippen molar-refractivity contribution in [2.75, 3.05) is 12.4 Å². The van der Waals surface area contributed by atoms with Gasteiger partial charge < -0.3 is 10.1 Å². The van der Waals surface area contributed by atoms with E-state index in [1.165, 1.54) is 11.3 Å². The smallest absolute Gasteiger partial charge is 0.255 e. The normalized spacial score (nSPS) is 10.8. The number of fused-ring (bicyclic) bond motifs is 1. The standard InChI is InChI=1S/C17H13N5O2S/c1-24-14-7-5-11(6-8-14)15(23)19-13-4-2-3-12(9-13)16-21-22-10-18-20-17(22)25-16/h2-10H,1H3,(H,19,23). The minimum atomic E-state index is -0.182. The fourth-order valence-corrected chi connectivity index (χ4v) is 3.17. The summed E-state index contributed by atoms with van der Waals surface area (Å²) in [5.74, 6) is 0.528. The second-order valence-electron chi connectivity index (χ2n) is 5.23. The van der Waals surface area contributed by atoms with Crippen molar-refractivity contribution in [3.05, 3.63) is 60.4 Å². The van der Waals surface area contributed by atoms with E-state index in [-0.39, 0.29) is 5.91 Å². The van der Waals surface area contributed by atoms with Crippen LogP contribution in [-0.2, 0) is 0 Å². The molecule has 0 saturated heterocycles. The summed E-state index contributed by atoms with van der Waals surface area (Å²) >= 11 is 1.44. The number of hydrogen-bond donors (Lipinski definition) is 1. The van der Waals surface area contributed by atoms with E-state index in [0.29, 0.717) is 17.0 Å². The highest BCUT2D eigenvalue weighted by molar-refractivity contribution is 7.19. The average molecular weight is 351 g/mol. The summed E-state index contributed by atoms with van der Waals surface area (Å²) in [4.78, 5) is 13.1. The van der Waals surface area contributed by atoms with E-state index in [2.05, 4.69) is 20.6 Å². The van der Waals surface area contributed by atoms with Crippen molar-refractivity contribution in [3.8, 4) is 16.3 Å². The SMILES string of the molecule is COc1ccc(C(=O)Nc2cccc(-c3nn4cnnc4s3)c2)cc1. The molecule has 0 saturated carbocycles. The van der Waals surface area contributed by atoms with Crippen LogP contribution in [0.4, 0.5) is 5.69 Å².